The van der Waals surface area contributed by atoms with Gasteiger partial charge in [-0.3, -0.25) is 19.2 Å². The van der Waals surface area contributed by atoms with Crippen molar-refractivity contribution >= 4 is 23.2 Å². The van der Waals surface area contributed by atoms with Crippen molar-refractivity contribution in [2.24, 2.45) is 0 Å². The first-order valence-corrected chi connectivity index (χ1v) is 9.17. The third kappa shape index (κ3) is 3.67. The second kappa shape index (κ2) is 7.35. The average molecular weight is 390 g/mol. The molecule has 0 unspecified atom stereocenters. The van der Waals surface area contributed by atoms with E-state index < -0.39 is 11.5 Å². The molecule has 2 N–H and O–H groups in total. The maximum Gasteiger partial charge on any atom is 0.261 e. The fraction of sp³-hybridized carbons (Fsp3) is 0.182. The van der Waals surface area contributed by atoms with E-state index in [2.05, 4.69) is 10.3 Å². The van der Waals surface area contributed by atoms with Gasteiger partial charge in [-0.25, -0.2) is 0 Å². The van der Waals surface area contributed by atoms with Crippen LogP contribution < -0.4 is 10.9 Å². The number of hydrogen-bond donors (Lipinski definition) is 2. The number of furan rings is 1. The van der Waals surface area contributed by atoms with Crippen LogP contribution in [0.2, 0.25) is 0 Å². The molecule has 1 atom stereocenters. The number of carbonyl (C=O) groups excluding carboxylic acids is 3. The van der Waals surface area contributed by atoms with Gasteiger partial charge < -0.3 is 14.7 Å². The molecular formula is C22H18N2O5. The number of Topliss-reactive ketones (excluding diaryl/α,β-unsaturated/α-hetero) is 2. The molecule has 1 aromatic carbocycles. The molecule has 0 spiro atoms. The zero-order chi connectivity index (χ0) is 20.5. The summed E-state index contributed by atoms with van der Waals surface area (Å²) in [6.45, 7) is 1.45. The van der Waals surface area contributed by atoms with Crippen molar-refractivity contribution in [3.05, 3.63) is 87.2 Å². The summed E-state index contributed by atoms with van der Waals surface area (Å²) in [5.74, 6) is -0.296. The summed E-state index contributed by atoms with van der Waals surface area (Å²) in [4.78, 5) is 51.7. The minimum atomic E-state index is -0.620. The first-order chi connectivity index (χ1) is 13.9. The molecule has 1 aliphatic rings. The number of anilines is 1. The number of aromatic nitrogens is 1. The van der Waals surface area contributed by atoms with Gasteiger partial charge in [0.05, 0.1) is 6.26 Å². The largest absolute Gasteiger partial charge is 0.469 e. The number of benzene rings is 1. The van der Waals surface area contributed by atoms with Gasteiger partial charge in [0.1, 0.15) is 11.3 Å². The number of nitrogens with one attached hydrogen (secondary N) is 2. The second-order valence-electron chi connectivity index (χ2n) is 7.04. The standard InChI is InChI=1S/C22H18N2O5/c1-12(25)13-4-6-15(7-5-13)23-21(27)17-11-16-18(24-22(17)28)9-14(10-19(16)26)20-3-2-8-29-20/h2-8,11,14H,9-10H2,1H3,(H,23,27)(H,24,28)/t14-/m1/s1. The van der Waals surface area contributed by atoms with Gasteiger partial charge in [-0.15, -0.1) is 0 Å². The highest BCUT2D eigenvalue weighted by Crippen LogP contribution is 2.31. The third-order valence-electron chi connectivity index (χ3n) is 5.05. The zero-order valence-electron chi connectivity index (χ0n) is 15.7. The SMILES string of the molecule is CC(=O)c1ccc(NC(=O)c2cc3c([nH]c2=O)C[C@@H](c2ccco2)CC3=O)cc1. The lowest BCUT2D eigenvalue weighted by Gasteiger charge is -2.22. The average Bonchev–Trinajstić information content (AvgIpc) is 3.22. The number of aromatic amines is 1. The van der Waals surface area contributed by atoms with Crippen LogP contribution in [0.4, 0.5) is 5.69 Å². The van der Waals surface area contributed by atoms with Gasteiger partial charge in [0.2, 0.25) is 0 Å². The van der Waals surface area contributed by atoms with E-state index in [1.807, 2.05) is 0 Å². The molecule has 2 aromatic heterocycles. The Hall–Kier alpha value is -3.74. The molecule has 0 saturated carbocycles. The van der Waals surface area contributed by atoms with Crippen LogP contribution in [0.3, 0.4) is 0 Å². The van der Waals surface area contributed by atoms with Crippen molar-refractivity contribution in [2.75, 3.05) is 5.32 Å². The molecular weight excluding hydrogens is 372 g/mol. The molecule has 7 nitrogen and oxygen atoms in total. The van der Waals surface area contributed by atoms with E-state index in [-0.39, 0.29) is 29.5 Å². The molecule has 0 radical (unpaired) electrons. The topological polar surface area (TPSA) is 109 Å². The molecule has 0 aliphatic heterocycles. The Morgan fingerprint density at radius 1 is 1.10 bits per heavy atom. The lowest BCUT2D eigenvalue weighted by molar-refractivity contribution is 0.0957. The smallest absolute Gasteiger partial charge is 0.261 e. The summed E-state index contributed by atoms with van der Waals surface area (Å²) in [6.07, 6.45) is 2.26. The van der Waals surface area contributed by atoms with E-state index in [1.165, 1.54) is 13.0 Å². The Balaban J connectivity index is 1.59. The van der Waals surface area contributed by atoms with Gasteiger partial charge in [-0.1, -0.05) is 0 Å². The van der Waals surface area contributed by atoms with Crippen LogP contribution >= 0.6 is 0 Å². The number of amides is 1. The van der Waals surface area contributed by atoms with Crippen molar-refractivity contribution in [3.63, 3.8) is 0 Å². The Labute approximate surface area is 165 Å². The van der Waals surface area contributed by atoms with Crippen molar-refractivity contribution in [1.82, 2.24) is 4.98 Å². The number of carbonyl (C=O) groups is 3. The summed E-state index contributed by atoms with van der Waals surface area (Å²) >= 11 is 0. The van der Waals surface area contributed by atoms with Crippen LogP contribution in [-0.4, -0.2) is 22.5 Å². The molecule has 1 amide bonds. The summed E-state index contributed by atoms with van der Waals surface area (Å²) in [5, 5.41) is 2.62. The minimum Gasteiger partial charge on any atom is -0.469 e. The van der Waals surface area contributed by atoms with Crippen molar-refractivity contribution in [2.45, 2.75) is 25.7 Å². The van der Waals surface area contributed by atoms with E-state index in [0.29, 0.717) is 34.7 Å². The van der Waals surface area contributed by atoms with Gasteiger partial charge in [-0.05, 0) is 55.8 Å². The quantitative estimate of drug-likeness (QED) is 0.664. The van der Waals surface area contributed by atoms with E-state index in [1.54, 1.807) is 42.7 Å². The summed E-state index contributed by atoms with van der Waals surface area (Å²) < 4.78 is 5.39. The van der Waals surface area contributed by atoms with Crippen molar-refractivity contribution < 1.29 is 18.8 Å². The number of pyridine rings is 1. The maximum absolute atomic E-state index is 12.6. The van der Waals surface area contributed by atoms with E-state index in [4.69, 9.17) is 4.42 Å². The molecule has 3 aromatic rings. The maximum atomic E-state index is 12.6. The van der Waals surface area contributed by atoms with Crippen LogP contribution in [0.5, 0.6) is 0 Å². The number of hydrogen-bond acceptors (Lipinski definition) is 5. The number of rotatable bonds is 4. The lowest BCUT2D eigenvalue weighted by Crippen LogP contribution is -2.29. The molecule has 4 rings (SSSR count). The van der Waals surface area contributed by atoms with E-state index in [9.17, 15) is 19.2 Å². The van der Waals surface area contributed by atoms with Crippen LogP contribution in [0.15, 0.2) is 57.9 Å². The highest BCUT2D eigenvalue weighted by atomic mass is 16.3. The number of H-pyrrole nitrogens is 1. The van der Waals surface area contributed by atoms with Gasteiger partial charge in [0.15, 0.2) is 11.6 Å². The molecule has 7 heteroatoms. The van der Waals surface area contributed by atoms with Crippen molar-refractivity contribution in [3.8, 4) is 0 Å². The van der Waals surface area contributed by atoms with Gasteiger partial charge in [-0.2, -0.15) is 0 Å². The molecule has 2 heterocycles. The zero-order valence-corrected chi connectivity index (χ0v) is 15.7. The van der Waals surface area contributed by atoms with Gasteiger partial charge >= 0.3 is 0 Å². The first kappa shape index (κ1) is 18.6. The molecule has 146 valence electrons. The van der Waals surface area contributed by atoms with Crippen LogP contribution in [-0.2, 0) is 6.42 Å². The third-order valence-corrected chi connectivity index (χ3v) is 5.05. The van der Waals surface area contributed by atoms with Crippen LogP contribution in [0.1, 0.15) is 61.8 Å². The van der Waals surface area contributed by atoms with Crippen LogP contribution in [0, 0.1) is 0 Å². The first-order valence-electron chi connectivity index (χ1n) is 9.17. The predicted molar refractivity (Wildman–Crippen MR) is 106 cm³/mol. The Kier molecular flexibility index (Phi) is 4.72. The molecule has 0 bridgehead atoms. The van der Waals surface area contributed by atoms with Crippen LogP contribution in [0.25, 0.3) is 0 Å². The fourth-order valence-electron chi connectivity index (χ4n) is 3.51. The Bertz CT molecular complexity index is 1160. The van der Waals surface area contributed by atoms with Crippen molar-refractivity contribution in [1.29, 1.82) is 0 Å². The predicted octanol–water partition coefficient (Wildman–Crippen LogP) is 3.34. The highest BCUT2D eigenvalue weighted by Gasteiger charge is 2.30. The molecule has 1 aliphatic carbocycles. The minimum absolute atomic E-state index is 0.0830. The Morgan fingerprint density at radius 3 is 2.52 bits per heavy atom. The number of fused-ring (bicyclic) bond motifs is 1. The number of ketones is 2. The summed E-state index contributed by atoms with van der Waals surface area (Å²) in [7, 11) is 0. The molecule has 29 heavy (non-hydrogen) atoms. The second-order valence-corrected chi connectivity index (χ2v) is 7.04. The summed E-state index contributed by atoms with van der Waals surface area (Å²) in [6, 6.07) is 11.3. The molecule has 0 fully saturated rings. The highest BCUT2D eigenvalue weighted by molar-refractivity contribution is 6.07. The van der Waals surface area contributed by atoms with Gasteiger partial charge in [0.25, 0.3) is 11.5 Å². The Morgan fingerprint density at radius 2 is 1.86 bits per heavy atom. The molecule has 0 saturated heterocycles. The summed E-state index contributed by atoms with van der Waals surface area (Å²) in [5.41, 5.74) is 1.13. The van der Waals surface area contributed by atoms with E-state index in [0.717, 1.165) is 0 Å². The monoisotopic (exact) mass is 390 g/mol. The lowest BCUT2D eigenvalue weighted by atomic mass is 9.84. The van der Waals surface area contributed by atoms with E-state index >= 15 is 0 Å². The fourth-order valence-corrected chi connectivity index (χ4v) is 3.51. The normalized spacial score (nSPS) is 15.6. The van der Waals surface area contributed by atoms with Gasteiger partial charge in [0, 0.05) is 34.8 Å².